The van der Waals surface area contributed by atoms with Gasteiger partial charge in [0, 0.05) is 5.92 Å². The Morgan fingerprint density at radius 1 is 0.893 bits per heavy atom. The summed E-state index contributed by atoms with van der Waals surface area (Å²) in [4.78, 5) is 12.4. The van der Waals surface area contributed by atoms with Gasteiger partial charge in [0.1, 0.15) is 0 Å². The predicted molar refractivity (Wildman–Crippen MR) is 97.0 cm³/mol. The van der Waals surface area contributed by atoms with E-state index in [2.05, 4.69) is 0 Å². The molecule has 0 N–H and O–H groups in total. The Labute approximate surface area is 162 Å². The number of benzene rings is 2. The molecular formula is C21H20O7. The van der Waals surface area contributed by atoms with E-state index in [1.807, 2.05) is 30.3 Å². The molecule has 0 spiro atoms. The highest BCUT2D eigenvalue weighted by Gasteiger charge is 2.37. The van der Waals surface area contributed by atoms with E-state index in [0.717, 1.165) is 29.0 Å². The van der Waals surface area contributed by atoms with Gasteiger partial charge in [-0.2, -0.15) is 0 Å². The molecule has 5 rings (SSSR count). The predicted octanol–water partition coefficient (Wildman–Crippen LogP) is 2.73. The fraction of sp³-hybridized carbons (Fsp3) is 0.381. The number of esters is 1. The molecular weight excluding hydrogens is 364 g/mol. The van der Waals surface area contributed by atoms with Crippen LogP contribution in [0, 0.1) is 11.8 Å². The van der Waals surface area contributed by atoms with Crippen LogP contribution in [0.2, 0.25) is 0 Å². The lowest BCUT2D eigenvalue weighted by Crippen LogP contribution is -2.20. The molecule has 7 nitrogen and oxygen atoms in total. The quantitative estimate of drug-likeness (QED) is 0.734. The van der Waals surface area contributed by atoms with Crippen molar-refractivity contribution in [2.45, 2.75) is 12.8 Å². The maximum absolute atomic E-state index is 12.4. The lowest BCUT2D eigenvalue weighted by Gasteiger charge is -2.16. The molecule has 0 bridgehead atoms. The molecule has 0 saturated carbocycles. The molecule has 2 aromatic carbocycles. The SMILES string of the molecule is COc1cc(CC2C(=O)OCC2Cc2ccc3c(c2)OCO3)cc2c1OCO2. The minimum Gasteiger partial charge on any atom is -0.493 e. The number of rotatable bonds is 5. The van der Waals surface area contributed by atoms with Crippen LogP contribution >= 0.6 is 0 Å². The Morgan fingerprint density at radius 2 is 1.68 bits per heavy atom. The number of ether oxygens (including phenoxy) is 6. The number of carbonyl (C=O) groups is 1. The highest BCUT2D eigenvalue weighted by atomic mass is 16.7. The first-order valence-corrected chi connectivity index (χ1v) is 9.23. The van der Waals surface area contributed by atoms with Crippen molar-refractivity contribution in [2.75, 3.05) is 27.3 Å². The molecule has 2 unspecified atom stereocenters. The van der Waals surface area contributed by atoms with Crippen LogP contribution in [0.5, 0.6) is 28.7 Å². The fourth-order valence-electron chi connectivity index (χ4n) is 3.98. The second kappa shape index (κ2) is 6.82. The van der Waals surface area contributed by atoms with E-state index >= 15 is 0 Å². The lowest BCUT2D eigenvalue weighted by atomic mass is 9.85. The highest BCUT2D eigenvalue weighted by Crippen LogP contribution is 2.43. The van der Waals surface area contributed by atoms with Crippen LogP contribution in [0.25, 0.3) is 0 Å². The van der Waals surface area contributed by atoms with Gasteiger partial charge in [-0.15, -0.1) is 0 Å². The summed E-state index contributed by atoms with van der Waals surface area (Å²) in [6.07, 6.45) is 1.29. The van der Waals surface area contributed by atoms with Gasteiger partial charge in [0.05, 0.1) is 19.6 Å². The van der Waals surface area contributed by atoms with Gasteiger partial charge in [-0.05, 0) is 48.2 Å². The van der Waals surface area contributed by atoms with Crippen LogP contribution < -0.4 is 23.7 Å². The van der Waals surface area contributed by atoms with Crippen molar-refractivity contribution in [3.8, 4) is 28.7 Å². The first kappa shape index (κ1) is 17.0. The lowest BCUT2D eigenvalue weighted by molar-refractivity contribution is -0.141. The van der Waals surface area contributed by atoms with Crippen LogP contribution in [0.4, 0.5) is 0 Å². The molecule has 1 saturated heterocycles. The molecule has 2 atom stereocenters. The summed E-state index contributed by atoms with van der Waals surface area (Å²) in [5.41, 5.74) is 2.06. The van der Waals surface area contributed by atoms with Crippen molar-refractivity contribution in [2.24, 2.45) is 11.8 Å². The van der Waals surface area contributed by atoms with Gasteiger partial charge in [0.25, 0.3) is 0 Å². The normalized spacial score (nSPS) is 21.7. The number of carbonyl (C=O) groups excluding carboxylic acids is 1. The van der Waals surface area contributed by atoms with Crippen LogP contribution in [0.15, 0.2) is 30.3 Å². The average Bonchev–Trinajstić information content (AvgIpc) is 3.43. The second-order valence-electron chi connectivity index (χ2n) is 7.12. The van der Waals surface area contributed by atoms with E-state index in [4.69, 9.17) is 28.4 Å². The summed E-state index contributed by atoms with van der Waals surface area (Å²) in [6.45, 7) is 0.839. The zero-order valence-electron chi connectivity index (χ0n) is 15.4. The van der Waals surface area contributed by atoms with Gasteiger partial charge in [-0.3, -0.25) is 4.79 Å². The number of fused-ring (bicyclic) bond motifs is 2. The topological polar surface area (TPSA) is 72.5 Å². The first-order chi connectivity index (χ1) is 13.7. The van der Waals surface area contributed by atoms with Crippen molar-refractivity contribution in [1.29, 1.82) is 0 Å². The second-order valence-corrected chi connectivity index (χ2v) is 7.12. The standard InChI is InChI=1S/C21H20O7/c1-23-18-7-13(8-19-20(18)28-11-27-19)5-15-14(9-24-21(15)22)4-12-2-3-16-17(6-12)26-10-25-16/h2-3,6-8,14-15H,4-5,9-11H2,1H3. The molecule has 0 amide bonds. The number of methoxy groups -OCH3 is 1. The van der Waals surface area contributed by atoms with E-state index in [1.165, 1.54) is 0 Å². The van der Waals surface area contributed by atoms with E-state index in [0.29, 0.717) is 30.3 Å². The summed E-state index contributed by atoms with van der Waals surface area (Å²) in [6, 6.07) is 9.71. The molecule has 7 heteroatoms. The Hall–Kier alpha value is -3.09. The number of hydrogen-bond acceptors (Lipinski definition) is 7. The maximum Gasteiger partial charge on any atom is 0.309 e. The van der Waals surface area contributed by atoms with Crippen LogP contribution in [-0.2, 0) is 22.4 Å². The van der Waals surface area contributed by atoms with E-state index < -0.39 is 0 Å². The van der Waals surface area contributed by atoms with Crippen molar-refractivity contribution >= 4 is 5.97 Å². The van der Waals surface area contributed by atoms with Crippen molar-refractivity contribution in [3.63, 3.8) is 0 Å². The smallest absolute Gasteiger partial charge is 0.309 e. The maximum atomic E-state index is 12.4. The average molecular weight is 384 g/mol. The number of hydrogen-bond donors (Lipinski definition) is 0. The molecule has 3 heterocycles. The van der Waals surface area contributed by atoms with Crippen molar-refractivity contribution in [3.05, 3.63) is 41.5 Å². The van der Waals surface area contributed by atoms with E-state index in [1.54, 1.807) is 7.11 Å². The minimum atomic E-state index is -0.226. The third-order valence-corrected chi connectivity index (χ3v) is 5.42. The zero-order valence-corrected chi connectivity index (χ0v) is 15.4. The first-order valence-electron chi connectivity index (χ1n) is 9.23. The fourth-order valence-corrected chi connectivity index (χ4v) is 3.98. The minimum absolute atomic E-state index is 0.0873. The molecule has 2 aromatic rings. The van der Waals surface area contributed by atoms with Crippen LogP contribution in [-0.4, -0.2) is 33.3 Å². The monoisotopic (exact) mass is 384 g/mol. The third kappa shape index (κ3) is 2.96. The van der Waals surface area contributed by atoms with Crippen molar-refractivity contribution < 1.29 is 33.2 Å². The van der Waals surface area contributed by atoms with Gasteiger partial charge < -0.3 is 28.4 Å². The van der Waals surface area contributed by atoms with Gasteiger partial charge in [0.2, 0.25) is 19.3 Å². The third-order valence-electron chi connectivity index (χ3n) is 5.42. The zero-order chi connectivity index (χ0) is 19.1. The molecule has 1 fully saturated rings. The molecule has 0 radical (unpaired) electrons. The Balaban J connectivity index is 1.36. The van der Waals surface area contributed by atoms with Gasteiger partial charge in [0.15, 0.2) is 23.0 Å². The molecule has 0 aliphatic carbocycles. The summed E-state index contributed by atoms with van der Waals surface area (Å²) < 4.78 is 32.5. The summed E-state index contributed by atoms with van der Waals surface area (Å²) >= 11 is 0. The summed E-state index contributed by atoms with van der Waals surface area (Å²) in [7, 11) is 1.59. The summed E-state index contributed by atoms with van der Waals surface area (Å²) in [5, 5.41) is 0. The molecule has 3 aliphatic heterocycles. The molecule has 28 heavy (non-hydrogen) atoms. The largest absolute Gasteiger partial charge is 0.493 e. The summed E-state index contributed by atoms with van der Waals surface area (Å²) in [5.74, 6) is 3.07. The molecule has 0 aromatic heterocycles. The van der Waals surface area contributed by atoms with Gasteiger partial charge in [-0.1, -0.05) is 6.07 Å². The Bertz CT molecular complexity index is 923. The molecule has 3 aliphatic rings. The Morgan fingerprint density at radius 3 is 2.57 bits per heavy atom. The van der Waals surface area contributed by atoms with Crippen LogP contribution in [0.1, 0.15) is 11.1 Å². The van der Waals surface area contributed by atoms with Crippen LogP contribution in [0.3, 0.4) is 0 Å². The van der Waals surface area contributed by atoms with Gasteiger partial charge in [-0.25, -0.2) is 0 Å². The van der Waals surface area contributed by atoms with Crippen molar-refractivity contribution in [1.82, 2.24) is 0 Å². The van der Waals surface area contributed by atoms with E-state index in [-0.39, 0.29) is 31.4 Å². The Kier molecular flexibility index (Phi) is 4.15. The van der Waals surface area contributed by atoms with E-state index in [9.17, 15) is 4.79 Å². The molecule has 146 valence electrons. The van der Waals surface area contributed by atoms with Gasteiger partial charge >= 0.3 is 5.97 Å². The highest BCUT2D eigenvalue weighted by molar-refractivity contribution is 5.75. The number of cyclic esters (lactones) is 1.